The van der Waals surface area contributed by atoms with Crippen LogP contribution < -0.4 is 0 Å². The van der Waals surface area contributed by atoms with Crippen LogP contribution in [0.25, 0.3) is 0 Å². The fourth-order valence-corrected chi connectivity index (χ4v) is 7.46. The van der Waals surface area contributed by atoms with E-state index in [2.05, 4.69) is 26.5 Å². The molecule has 6 atom stereocenters. The van der Waals surface area contributed by atoms with Crippen LogP contribution >= 0.6 is 0 Å². The second-order valence-electron chi connectivity index (χ2n) is 9.46. The summed E-state index contributed by atoms with van der Waals surface area (Å²) in [6.45, 7) is 9.50. The van der Waals surface area contributed by atoms with E-state index in [-0.39, 0.29) is 5.41 Å². The lowest BCUT2D eigenvalue weighted by Crippen LogP contribution is -2.52. The standard InChI is InChI=1S/C21H31N/c1-14-12-17-16(18-7-5-11-21(14,18)13-22)9-8-15-6-4-10-20(2,3)19(15)17/h15-19H,1,4-12H2,2-3H3. The van der Waals surface area contributed by atoms with Crippen LogP contribution in [-0.2, 0) is 0 Å². The van der Waals surface area contributed by atoms with Crippen molar-refractivity contribution in [2.45, 2.75) is 71.6 Å². The molecular formula is C21H31N. The Morgan fingerprint density at radius 2 is 1.82 bits per heavy atom. The lowest BCUT2D eigenvalue weighted by Gasteiger charge is -2.58. The van der Waals surface area contributed by atoms with Gasteiger partial charge in [-0.05, 0) is 73.5 Å². The van der Waals surface area contributed by atoms with Crippen molar-refractivity contribution in [2.75, 3.05) is 0 Å². The summed E-state index contributed by atoms with van der Waals surface area (Å²) in [6, 6.07) is 2.76. The summed E-state index contributed by atoms with van der Waals surface area (Å²) in [5.41, 5.74) is 1.66. The molecule has 0 aromatic heterocycles. The minimum Gasteiger partial charge on any atom is -0.197 e. The molecule has 1 heteroatoms. The lowest BCUT2D eigenvalue weighted by molar-refractivity contribution is -0.0723. The lowest BCUT2D eigenvalue weighted by atomic mass is 9.45. The van der Waals surface area contributed by atoms with Crippen LogP contribution in [0.3, 0.4) is 0 Å². The van der Waals surface area contributed by atoms with Crippen molar-refractivity contribution < 1.29 is 0 Å². The van der Waals surface area contributed by atoms with Crippen molar-refractivity contribution in [3.05, 3.63) is 12.2 Å². The van der Waals surface area contributed by atoms with Crippen LogP contribution in [0.2, 0.25) is 0 Å². The Hall–Kier alpha value is -0.770. The fraction of sp³-hybridized carbons (Fsp3) is 0.857. The predicted molar refractivity (Wildman–Crippen MR) is 90.0 cm³/mol. The summed E-state index contributed by atoms with van der Waals surface area (Å²) in [7, 11) is 0. The maximum atomic E-state index is 9.94. The van der Waals surface area contributed by atoms with Crippen LogP contribution in [0.15, 0.2) is 12.2 Å². The van der Waals surface area contributed by atoms with Crippen molar-refractivity contribution >= 4 is 0 Å². The minimum atomic E-state index is -0.146. The molecule has 0 radical (unpaired) electrons. The zero-order valence-corrected chi connectivity index (χ0v) is 14.4. The van der Waals surface area contributed by atoms with Gasteiger partial charge in [-0.25, -0.2) is 0 Å². The minimum absolute atomic E-state index is 0.146. The first-order valence-electron chi connectivity index (χ1n) is 9.59. The van der Waals surface area contributed by atoms with Crippen molar-refractivity contribution in [3.8, 4) is 6.07 Å². The molecule has 0 saturated heterocycles. The Kier molecular flexibility index (Phi) is 3.27. The summed E-state index contributed by atoms with van der Waals surface area (Å²) in [5.74, 6) is 4.10. The van der Waals surface area contributed by atoms with Crippen LogP contribution in [0, 0.1) is 51.8 Å². The van der Waals surface area contributed by atoms with Gasteiger partial charge in [0, 0.05) is 0 Å². The highest BCUT2D eigenvalue weighted by Crippen LogP contribution is 2.66. The van der Waals surface area contributed by atoms with Crippen LogP contribution in [0.4, 0.5) is 0 Å². The van der Waals surface area contributed by atoms with Gasteiger partial charge in [0.15, 0.2) is 0 Å². The highest BCUT2D eigenvalue weighted by Gasteiger charge is 2.59. The summed E-state index contributed by atoms with van der Waals surface area (Å²) in [6.07, 6.45) is 11.9. The van der Waals surface area contributed by atoms with E-state index in [9.17, 15) is 5.26 Å². The number of rotatable bonds is 0. The first-order valence-corrected chi connectivity index (χ1v) is 9.59. The van der Waals surface area contributed by atoms with Gasteiger partial charge in [-0.2, -0.15) is 5.26 Å². The van der Waals surface area contributed by atoms with Crippen LogP contribution in [0.1, 0.15) is 71.6 Å². The molecule has 0 heterocycles. The van der Waals surface area contributed by atoms with E-state index >= 15 is 0 Å². The van der Waals surface area contributed by atoms with E-state index in [0.29, 0.717) is 11.3 Å². The predicted octanol–water partition coefficient (Wildman–Crippen LogP) is 5.73. The van der Waals surface area contributed by atoms with E-state index < -0.39 is 0 Å². The molecule has 1 nitrogen and oxygen atoms in total. The topological polar surface area (TPSA) is 23.8 Å². The van der Waals surface area contributed by atoms with Crippen molar-refractivity contribution in [1.82, 2.24) is 0 Å². The highest BCUT2D eigenvalue weighted by atomic mass is 14.6. The zero-order valence-electron chi connectivity index (χ0n) is 14.4. The van der Waals surface area contributed by atoms with Gasteiger partial charge in [-0.15, -0.1) is 0 Å². The molecule has 4 saturated carbocycles. The Morgan fingerprint density at radius 1 is 1.05 bits per heavy atom. The van der Waals surface area contributed by atoms with Crippen molar-refractivity contribution in [1.29, 1.82) is 5.26 Å². The summed E-state index contributed by atoms with van der Waals surface area (Å²) in [5, 5.41) is 9.94. The first kappa shape index (κ1) is 14.8. The van der Waals surface area contributed by atoms with Gasteiger partial charge >= 0.3 is 0 Å². The molecule has 0 N–H and O–H groups in total. The molecular weight excluding hydrogens is 266 g/mol. The molecule has 120 valence electrons. The monoisotopic (exact) mass is 297 g/mol. The second-order valence-corrected chi connectivity index (χ2v) is 9.46. The zero-order chi connectivity index (χ0) is 15.5. The Balaban J connectivity index is 1.71. The third-order valence-corrected chi connectivity index (χ3v) is 8.24. The number of hydrogen-bond acceptors (Lipinski definition) is 1. The van der Waals surface area contributed by atoms with Gasteiger partial charge in [0.25, 0.3) is 0 Å². The highest BCUT2D eigenvalue weighted by molar-refractivity contribution is 5.30. The largest absolute Gasteiger partial charge is 0.197 e. The normalized spacial score (nSPS) is 49.7. The van der Waals surface area contributed by atoms with Crippen molar-refractivity contribution in [3.63, 3.8) is 0 Å². The maximum Gasteiger partial charge on any atom is 0.0810 e. The average molecular weight is 297 g/mol. The molecule has 4 aliphatic rings. The van der Waals surface area contributed by atoms with E-state index in [0.717, 1.165) is 36.5 Å². The van der Waals surface area contributed by atoms with E-state index in [4.69, 9.17) is 0 Å². The molecule has 4 rings (SSSR count). The molecule has 0 amide bonds. The number of hydrogen-bond donors (Lipinski definition) is 0. The molecule has 22 heavy (non-hydrogen) atoms. The SMILES string of the molecule is C=C1CC2C(CCC3CCCC(C)(C)C32)C2CCCC12C#N. The van der Waals surface area contributed by atoms with E-state index in [1.54, 1.807) is 0 Å². The molecule has 0 aromatic carbocycles. The maximum absolute atomic E-state index is 9.94. The van der Waals surface area contributed by atoms with Crippen LogP contribution in [-0.4, -0.2) is 0 Å². The number of nitrogens with zero attached hydrogens (tertiary/aromatic N) is 1. The van der Waals surface area contributed by atoms with Gasteiger partial charge in [-0.3, -0.25) is 0 Å². The summed E-state index contributed by atoms with van der Waals surface area (Å²) >= 11 is 0. The molecule has 6 unspecified atom stereocenters. The van der Waals surface area contributed by atoms with E-state index in [1.807, 2.05) is 0 Å². The second kappa shape index (κ2) is 4.86. The Morgan fingerprint density at radius 3 is 2.59 bits per heavy atom. The van der Waals surface area contributed by atoms with Gasteiger partial charge in [-0.1, -0.05) is 45.3 Å². The van der Waals surface area contributed by atoms with Gasteiger partial charge in [0.1, 0.15) is 0 Å². The van der Waals surface area contributed by atoms with Gasteiger partial charge < -0.3 is 0 Å². The third-order valence-electron chi connectivity index (χ3n) is 8.24. The van der Waals surface area contributed by atoms with Crippen molar-refractivity contribution in [2.24, 2.45) is 40.4 Å². The fourth-order valence-electron chi connectivity index (χ4n) is 7.46. The Bertz CT molecular complexity index is 525. The van der Waals surface area contributed by atoms with Gasteiger partial charge in [0.2, 0.25) is 0 Å². The number of fused-ring (bicyclic) bond motifs is 5. The molecule has 0 spiro atoms. The molecule has 0 bridgehead atoms. The Labute approximate surface area is 136 Å². The number of allylic oxidation sites excluding steroid dienone is 1. The summed E-state index contributed by atoms with van der Waals surface area (Å²) in [4.78, 5) is 0. The smallest absolute Gasteiger partial charge is 0.0810 e. The van der Waals surface area contributed by atoms with Crippen LogP contribution in [0.5, 0.6) is 0 Å². The quantitative estimate of drug-likeness (QED) is 0.524. The molecule has 0 aromatic rings. The average Bonchev–Trinajstić information content (AvgIpc) is 2.92. The van der Waals surface area contributed by atoms with Gasteiger partial charge in [0.05, 0.1) is 11.5 Å². The number of nitriles is 1. The molecule has 0 aliphatic heterocycles. The molecule has 4 aliphatic carbocycles. The van der Waals surface area contributed by atoms with E-state index in [1.165, 1.54) is 50.5 Å². The first-order chi connectivity index (χ1) is 10.5. The summed E-state index contributed by atoms with van der Waals surface area (Å²) < 4.78 is 0. The third kappa shape index (κ3) is 1.82. The molecule has 4 fully saturated rings.